The van der Waals surface area contributed by atoms with Gasteiger partial charge < -0.3 is 14.8 Å². The average Bonchev–Trinajstić information content (AvgIpc) is 3.15. The molecule has 8 nitrogen and oxygen atoms in total. The van der Waals surface area contributed by atoms with E-state index in [9.17, 15) is 4.79 Å². The zero-order chi connectivity index (χ0) is 19.5. The fourth-order valence-corrected chi connectivity index (χ4v) is 2.85. The van der Waals surface area contributed by atoms with Crippen LogP contribution >= 0.6 is 0 Å². The van der Waals surface area contributed by atoms with Gasteiger partial charge in [-0.25, -0.2) is 0 Å². The normalized spacial score (nSPS) is 11.2. The predicted molar refractivity (Wildman–Crippen MR) is 105 cm³/mol. The van der Waals surface area contributed by atoms with Crippen molar-refractivity contribution in [3.63, 3.8) is 0 Å². The minimum absolute atomic E-state index is 0.343. The molecule has 0 saturated heterocycles. The van der Waals surface area contributed by atoms with Crippen LogP contribution in [0.3, 0.4) is 0 Å². The summed E-state index contributed by atoms with van der Waals surface area (Å²) in [7, 11) is 3.09. The molecule has 0 saturated carbocycles. The van der Waals surface area contributed by atoms with Gasteiger partial charge in [-0.05, 0) is 18.2 Å². The van der Waals surface area contributed by atoms with E-state index < -0.39 is 0 Å². The van der Waals surface area contributed by atoms with Gasteiger partial charge >= 0.3 is 0 Å². The molecule has 4 aromatic rings. The summed E-state index contributed by atoms with van der Waals surface area (Å²) in [4.78, 5) is 12.4. The number of hydrogen-bond donors (Lipinski definition) is 1. The number of benzene rings is 2. The van der Waals surface area contributed by atoms with Gasteiger partial charge in [0.15, 0.2) is 11.5 Å². The van der Waals surface area contributed by atoms with Gasteiger partial charge in [-0.15, -0.1) is 10.2 Å². The van der Waals surface area contributed by atoms with Gasteiger partial charge in [0.25, 0.3) is 0 Å². The number of ether oxygens (including phenoxy) is 2. The second kappa shape index (κ2) is 7.36. The van der Waals surface area contributed by atoms with Gasteiger partial charge in [-0.2, -0.15) is 9.61 Å². The number of carbonyl (C=O) groups excluding carboxylic acids is 1. The van der Waals surface area contributed by atoms with E-state index in [1.54, 1.807) is 42.1 Å². The second-order valence-electron chi connectivity index (χ2n) is 5.91. The molecule has 0 radical (unpaired) electrons. The molecule has 0 aliphatic rings. The molecule has 1 N–H and O–H groups in total. The Labute approximate surface area is 160 Å². The quantitative estimate of drug-likeness (QED) is 0.540. The lowest BCUT2D eigenvalue weighted by Gasteiger charge is -2.10. The van der Waals surface area contributed by atoms with E-state index in [0.29, 0.717) is 28.7 Å². The molecule has 140 valence electrons. The summed E-state index contributed by atoms with van der Waals surface area (Å²) in [5, 5.41) is 17.3. The van der Waals surface area contributed by atoms with Crippen molar-refractivity contribution >= 4 is 34.1 Å². The van der Waals surface area contributed by atoms with Crippen molar-refractivity contribution in [2.75, 3.05) is 19.5 Å². The molecule has 2 heterocycles. The van der Waals surface area contributed by atoms with Crippen LogP contribution in [-0.2, 0) is 4.79 Å². The van der Waals surface area contributed by atoms with Gasteiger partial charge in [0, 0.05) is 22.9 Å². The highest BCUT2D eigenvalue weighted by molar-refractivity contribution is 6.02. The third kappa shape index (κ3) is 3.23. The summed E-state index contributed by atoms with van der Waals surface area (Å²) < 4.78 is 12.0. The molecule has 0 aliphatic carbocycles. The Morgan fingerprint density at radius 2 is 1.96 bits per heavy atom. The molecule has 2 aromatic carbocycles. The first-order valence-electron chi connectivity index (χ1n) is 8.50. The number of aromatic nitrogens is 4. The largest absolute Gasteiger partial charge is 0.497 e. The zero-order valence-corrected chi connectivity index (χ0v) is 15.3. The second-order valence-corrected chi connectivity index (χ2v) is 5.91. The minimum atomic E-state index is -0.343. The zero-order valence-electron chi connectivity index (χ0n) is 15.3. The smallest absolute Gasteiger partial charge is 0.248 e. The van der Waals surface area contributed by atoms with Crippen molar-refractivity contribution in [3.8, 4) is 11.5 Å². The Balaban J connectivity index is 1.59. The molecule has 0 aliphatic heterocycles. The fourth-order valence-electron chi connectivity index (χ4n) is 2.85. The highest BCUT2D eigenvalue weighted by Crippen LogP contribution is 2.28. The Morgan fingerprint density at radius 1 is 1.11 bits per heavy atom. The highest BCUT2D eigenvalue weighted by Gasteiger charge is 2.10. The van der Waals surface area contributed by atoms with E-state index in [1.165, 1.54) is 13.2 Å². The van der Waals surface area contributed by atoms with Crippen molar-refractivity contribution in [2.45, 2.75) is 0 Å². The average molecular weight is 375 g/mol. The van der Waals surface area contributed by atoms with Crippen molar-refractivity contribution in [1.82, 2.24) is 19.8 Å². The van der Waals surface area contributed by atoms with Crippen molar-refractivity contribution in [2.24, 2.45) is 0 Å². The predicted octanol–water partition coefficient (Wildman–Crippen LogP) is 2.95. The van der Waals surface area contributed by atoms with Crippen molar-refractivity contribution in [1.29, 1.82) is 0 Å². The number of carbonyl (C=O) groups is 1. The fraction of sp³-hybridized carbons (Fsp3) is 0.100. The third-order valence-electron chi connectivity index (χ3n) is 4.23. The van der Waals surface area contributed by atoms with Crippen LogP contribution in [0.15, 0.2) is 54.7 Å². The minimum Gasteiger partial charge on any atom is -0.497 e. The van der Waals surface area contributed by atoms with Crippen LogP contribution < -0.4 is 14.8 Å². The van der Waals surface area contributed by atoms with Gasteiger partial charge in [-0.3, -0.25) is 4.79 Å². The van der Waals surface area contributed by atoms with Gasteiger partial charge in [0.05, 0.1) is 26.1 Å². The first-order chi connectivity index (χ1) is 13.7. The molecule has 0 bridgehead atoms. The molecule has 4 rings (SSSR count). The maximum absolute atomic E-state index is 12.4. The van der Waals surface area contributed by atoms with Gasteiger partial charge in [0.1, 0.15) is 11.5 Å². The Hall–Kier alpha value is -3.94. The van der Waals surface area contributed by atoms with E-state index in [-0.39, 0.29) is 5.91 Å². The first-order valence-corrected chi connectivity index (χ1v) is 8.50. The maximum Gasteiger partial charge on any atom is 0.248 e. The standard InChI is InChI=1S/C20H17N5O3/c1-27-14-7-8-17(28-2)16(11-14)22-19(26)10-9-18-23-24-20-15-6-4-3-5-13(15)12-21-25(18)20/h3-12H,1-2H3,(H,22,26)/b10-9+. The summed E-state index contributed by atoms with van der Waals surface area (Å²) in [6.45, 7) is 0. The van der Waals surface area contributed by atoms with Crippen LogP contribution in [0.5, 0.6) is 11.5 Å². The molecule has 0 fully saturated rings. The molecule has 28 heavy (non-hydrogen) atoms. The topological polar surface area (TPSA) is 90.6 Å². The lowest BCUT2D eigenvalue weighted by molar-refractivity contribution is -0.111. The Morgan fingerprint density at radius 3 is 2.79 bits per heavy atom. The van der Waals surface area contributed by atoms with E-state index in [0.717, 1.165) is 10.8 Å². The Bertz CT molecular complexity index is 1200. The number of nitrogens with zero attached hydrogens (tertiary/aromatic N) is 4. The number of anilines is 1. The summed E-state index contributed by atoms with van der Waals surface area (Å²) in [6, 6.07) is 12.9. The molecule has 2 aromatic heterocycles. The number of fused-ring (bicyclic) bond motifs is 3. The number of nitrogens with one attached hydrogen (secondary N) is 1. The number of rotatable bonds is 5. The van der Waals surface area contributed by atoms with Gasteiger partial charge in [0.2, 0.25) is 5.91 Å². The molecule has 8 heteroatoms. The van der Waals surface area contributed by atoms with E-state index in [2.05, 4.69) is 20.6 Å². The molecule has 0 spiro atoms. The highest BCUT2D eigenvalue weighted by atomic mass is 16.5. The number of amides is 1. The first kappa shape index (κ1) is 17.5. The SMILES string of the molecule is COc1ccc(OC)c(NC(=O)/C=C/c2nnc3c4ccccc4cnn23)c1. The number of hydrogen-bond acceptors (Lipinski definition) is 6. The monoisotopic (exact) mass is 375 g/mol. The number of methoxy groups -OCH3 is 2. The summed E-state index contributed by atoms with van der Waals surface area (Å²) in [5.41, 5.74) is 1.14. The van der Waals surface area contributed by atoms with E-state index >= 15 is 0 Å². The van der Waals surface area contributed by atoms with Crippen molar-refractivity contribution in [3.05, 3.63) is 60.6 Å². The molecule has 1 amide bonds. The van der Waals surface area contributed by atoms with E-state index in [1.807, 2.05) is 24.3 Å². The van der Waals surface area contributed by atoms with Crippen LogP contribution in [0.1, 0.15) is 5.82 Å². The van der Waals surface area contributed by atoms with Crippen LogP contribution in [0.4, 0.5) is 5.69 Å². The molecular formula is C20H17N5O3. The summed E-state index contributed by atoms with van der Waals surface area (Å²) >= 11 is 0. The van der Waals surface area contributed by atoms with E-state index in [4.69, 9.17) is 9.47 Å². The van der Waals surface area contributed by atoms with Crippen LogP contribution in [0.2, 0.25) is 0 Å². The summed E-state index contributed by atoms with van der Waals surface area (Å²) in [6.07, 6.45) is 4.67. The lowest BCUT2D eigenvalue weighted by Crippen LogP contribution is -2.09. The summed E-state index contributed by atoms with van der Waals surface area (Å²) in [5.74, 6) is 1.25. The molecule has 0 atom stereocenters. The lowest BCUT2D eigenvalue weighted by atomic mass is 10.2. The molecule has 0 unspecified atom stereocenters. The van der Waals surface area contributed by atoms with Crippen LogP contribution in [0, 0.1) is 0 Å². The Kier molecular flexibility index (Phi) is 4.59. The van der Waals surface area contributed by atoms with Crippen molar-refractivity contribution < 1.29 is 14.3 Å². The van der Waals surface area contributed by atoms with Crippen LogP contribution in [-0.4, -0.2) is 39.9 Å². The maximum atomic E-state index is 12.4. The van der Waals surface area contributed by atoms with Crippen LogP contribution in [0.25, 0.3) is 22.5 Å². The third-order valence-corrected chi connectivity index (χ3v) is 4.23. The van der Waals surface area contributed by atoms with Gasteiger partial charge in [-0.1, -0.05) is 24.3 Å². The molecular weight excluding hydrogens is 358 g/mol.